The molecular formula is C30H20F12N2O2S. The number of nitrogens with one attached hydrogen (secondary N) is 2. The third-order valence-corrected chi connectivity index (χ3v) is 8.40. The number of hydrogen-bond donors (Lipinski definition) is 2. The molecule has 0 amide bonds. The summed E-state index contributed by atoms with van der Waals surface area (Å²) in [6.45, 7) is -0.906. The van der Waals surface area contributed by atoms with Gasteiger partial charge in [-0.2, -0.15) is 52.7 Å². The molecule has 0 atom stereocenters. The lowest BCUT2D eigenvalue weighted by Crippen LogP contribution is -2.13. The van der Waals surface area contributed by atoms with E-state index in [9.17, 15) is 61.1 Å². The second-order valence-electron chi connectivity index (χ2n) is 10.1. The normalized spacial score (nSPS) is 13.0. The highest BCUT2D eigenvalue weighted by atomic mass is 32.2. The van der Waals surface area contributed by atoms with E-state index in [1.54, 1.807) is 0 Å². The fraction of sp³-hybridized carbons (Fsp3) is 0.200. The van der Waals surface area contributed by atoms with E-state index >= 15 is 0 Å². The van der Waals surface area contributed by atoms with Crippen LogP contribution in [0.5, 0.6) is 0 Å². The molecule has 0 spiro atoms. The van der Waals surface area contributed by atoms with Crippen LogP contribution in [-0.4, -0.2) is 8.42 Å². The molecule has 4 aromatic carbocycles. The van der Waals surface area contributed by atoms with Gasteiger partial charge in [0.05, 0.1) is 32.0 Å². The van der Waals surface area contributed by atoms with Crippen LogP contribution in [-0.2, 0) is 47.6 Å². The molecule has 0 unspecified atom stereocenters. The summed E-state index contributed by atoms with van der Waals surface area (Å²) in [4.78, 5) is -0.461. The molecule has 4 rings (SSSR count). The molecule has 4 nitrogen and oxygen atoms in total. The van der Waals surface area contributed by atoms with Crippen molar-refractivity contribution in [2.24, 2.45) is 0 Å². The van der Waals surface area contributed by atoms with Gasteiger partial charge < -0.3 is 10.6 Å². The Kier molecular flexibility index (Phi) is 9.54. The first-order valence-electron chi connectivity index (χ1n) is 13.0. The van der Waals surface area contributed by atoms with Crippen molar-refractivity contribution in [1.29, 1.82) is 0 Å². The van der Waals surface area contributed by atoms with Crippen LogP contribution in [0.2, 0.25) is 0 Å². The van der Waals surface area contributed by atoms with Gasteiger partial charge in [-0.1, -0.05) is 0 Å². The van der Waals surface area contributed by atoms with Crippen molar-refractivity contribution in [3.63, 3.8) is 0 Å². The van der Waals surface area contributed by atoms with Crippen LogP contribution in [0.4, 0.5) is 64.1 Å². The van der Waals surface area contributed by atoms with Gasteiger partial charge in [-0.15, -0.1) is 0 Å². The topological polar surface area (TPSA) is 58.2 Å². The van der Waals surface area contributed by atoms with E-state index in [4.69, 9.17) is 0 Å². The van der Waals surface area contributed by atoms with Gasteiger partial charge in [-0.25, -0.2) is 8.42 Å². The zero-order valence-corrected chi connectivity index (χ0v) is 24.1. The Morgan fingerprint density at radius 2 is 0.681 bits per heavy atom. The van der Waals surface area contributed by atoms with Gasteiger partial charge in [-0.3, -0.25) is 0 Å². The standard InChI is InChI=1S/C30H20F12N2O2S/c31-27(32,33)19-9-17(10-20(13-19)28(34,35)36)15-43-23-1-5-25(6-2-23)47(45,46)26-7-3-24(4-8-26)44-16-18-11-21(29(37,38)39)14-22(12-18)30(40,41)42/h1-14,43-44H,15-16H2. The van der Waals surface area contributed by atoms with Gasteiger partial charge >= 0.3 is 24.7 Å². The third kappa shape index (κ3) is 8.90. The van der Waals surface area contributed by atoms with E-state index in [0.717, 1.165) is 24.3 Å². The van der Waals surface area contributed by atoms with Gasteiger partial charge in [0.1, 0.15) is 0 Å². The van der Waals surface area contributed by atoms with E-state index in [1.807, 2.05) is 0 Å². The average Bonchev–Trinajstić information content (AvgIpc) is 2.97. The van der Waals surface area contributed by atoms with Gasteiger partial charge in [-0.05, 0) is 96.1 Å². The zero-order chi connectivity index (χ0) is 35.0. The van der Waals surface area contributed by atoms with E-state index in [0.29, 0.717) is 24.3 Å². The average molecular weight is 701 g/mol. The van der Waals surface area contributed by atoms with Crippen molar-refractivity contribution < 1.29 is 61.1 Å². The summed E-state index contributed by atoms with van der Waals surface area (Å²) in [5.41, 5.74) is -6.25. The highest BCUT2D eigenvalue weighted by Crippen LogP contribution is 2.38. The van der Waals surface area contributed by atoms with Crippen molar-refractivity contribution in [3.05, 3.63) is 118 Å². The molecule has 17 heteroatoms. The molecule has 0 saturated carbocycles. The van der Waals surface area contributed by atoms with E-state index in [2.05, 4.69) is 10.6 Å². The molecule has 0 aliphatic rings. The van der Waals surface area contributed by atoms with Crippen molar-refractivity contribution in [2.45, 2.75) is 47.6 Å². The zero-order valence-electron chi connectivity index (χ0n) is 23.3. The third-order valence-electron chi connectivity index (χ3n) is 6.62. The van der Waals surface area contributed by atoms with Crippen molar-refractivity contribution in [3.8, 4) is 0 Å². The van der Waals surface area contributed by atoms with Gasteiger partial charge in [0.25, 0.3) is 0 Å². The van der Waals surface area contributed by atoms with E-state index in [1.165, 1.54) is 24.3 Å². The fourth-order valence-electron chi connectivity index (χ4n) is 4.29. The maximum Gasteiger partial charge on any atom is 0.416 e. The summed E-state index contributed by atoms with van der Waals surface area (Å²) in [5, 5.41) is 5.26. The number of rotatable bonds is 8. The fourth-order valence-corrected chi connectivity index (χ4v) is 5.55. The lowest BCUT2D eigenvalue weighted by molar-refractivity contribution is -0.144. The Labute approximate surface area is 259 Å². The van der Waals surface area contributed by atoms with Gasteiger partial charge in [0, 0.05) is 24.5 Å². The van der Waals surface area contributed by atoms with E-state index < -0.39 is 69.9 Å². The summed E-state index contributed by atoms with van der Waals surface area (Å²) < 4.78 is 183. The molecule has 0 heterocycles. The van der Waals surface area contributed by atoms with Gasteiger partial charge in [0.15, 0.2) is 0 Å². The highest BCUT2D eigenvalue weighted by molar-refractivity contribution is 7.91. The summed E-state index contributed by atoms with van der Waals surface area (Å²) in [7, 11) is -4.15. The maximum absolute atomic E-state index is 13.1. The minimum Gasteiger partial charge on any atom is -0.381 e. The lowest BCUT2D eigenvalue weighted by Gasteiger charge is -2.15. The molecule has 0 bridgehead atoms. The SMILES string of the molecule is O=S(=O)(c1ccc(NCc2cc(C(F)(F)F)cc(C(F)(F)F)c2)cc1)c1ccc(NCc2cc(C(F)(F)F)cc(C(F)(F)F)c2)cc1. The molecule has 2 N–H and O–H groups in total. The quantitative estimate of drug-likeness (QED) is 0.180. The van der Waals surface area contributed by atoms with Crippen molar-refractivity contribution in [2.75, 3.05) is 10.6 Å². The predicted octanol–water partition coefficient (Wildman–Crippen LogP) is 9.82. The Morgan fingerprint density at radius 1 is 0.426 bits per heavy atom. The molecule has 0 aliphatic carbocycles. The first-order valence-corrected chi connectivity index (χ1v) is 14.5. The maximum atomic E-state index is 13.1. The molecule has 0 aromatic heterocycles. The number of alkyl halides is 12. The van der Waals surface area contributed by atoms with Crippen LogP contribution in [0.1, 0.15) is 33.4 Å². The Balaban J connectivity index is 1.45. The largest absolute Gasteiger partial charge is 0.416 e. The first kappa shape index (κ1) is 35.4. The Morgan fingerprint density at radius 3 is 0.915 bits per heavy atom. The molecule has 0 aliphatic heterocycles. The Bertz CT molecular complexity index is 1630. The monoisotopic (exact) mass is 700 g/mol. The second-order valence-corrected chi connectivity index (χ2v) is 12.0. The second kappa shape index (κ2) is 12.7. The molecule has 0 fully saturated rings. The Hall–Kier alpha value is -4.41. The number of hydrogen-bond acceptors (Lipinski definition) is 4. The summed E-state index contributed by atoms with van der Waals surface area (Å²) >= 11 is 0. The number of anilines is 2. The predicted molar refractivity (Wildman–Crippen MR) is 146 cm³/mol. The minimum absolute atomic E-state index is 0.00479. The van der Waals surface area contributed by atoms with Gasteiger partial charge in [0.2, 0.25) is 9.84 Å². The smallest absolute Gasteiger partial charge is 0.381 e. The van der Waals surface area contributed by atoms with Crippen molar-refractivity contribution >= 4 is 21.2 Å². The molecule has 0 saturated heterocycles. The first-order chi connectivity index (χ1) is 21.5. The number of sulfone groups is 1. The summed E-state index contributed by atoms with van der Waals surface area (Å²) in [6.07, 6.45) is -20.1. The van der Waals surface area contributed by atoms with Crippen LogP contribution < -0.4 is 10.6 Å². The number of halogens is 12. The molecule has 0 radical (unpaired) electrons. The van der Waals surface area contributed by atoms with Crippen LogP contribution in [0.25, 0.3) is 0 Å². The summed E-state index contributed by atoms with van der Waals surface area (Å²) in [5.74, 6) is 0. The van der Waals surface area contributed by atoms with Crippen LogP contribution in [0, 0.1) is 0 Å². The summed E-state index contributed by atoms with van der Waals surface area (Å²) in [6, 6.07) is 11.7. The van der Waals surface area contributed by atoms with Crippen LogP contribution >= 0.6 is 0 Å². The van der Waals surface area contributed by atoms with Crippen molar-refractivity contribution in [1.82, 2.24) is 0 Å². The molecular weight excluding hydrogens is 680 g/mol. The molecule has 252 valence electrons. The molecule has 47 heavy (non-hydrogen) atoms. The highest BCUT2D eigenvalue weighted by Gasteiger charge is 2.38. The minimum atomic E-state index is -5.02. The van der Waals surface area contributed by atoms with E-state index in [-0.39, 0.29) is 44.4 Å². The van der Waals surface area contributed by atoms with Crippen LogP contribution in [0.3, 0.4) is 0 Å². The number of benzene rings is 4. The molecule has 4 aromatic rings. The lowest BCUT2D eigenvalue weighted by atomic mass is 10.0. The van der Waals surface area contributed by atoms with Crippen LogP contribution in [0.15, 0.2) is 94.7 Å².